The molecule has 0 aromatic heterocycles. The van der Waals surface area contributed by atoms with E-state index in [4.69, 9.17) is 0 Å². The molecule has 1 aliphatic rings. The van der Waals surface area contributed by atoms with E-state index in [0.29, 0.717) is 12.8 Å². The summed E-state index contributed by atoms with van der Waals surface area (Å²) >= 11 is 10.9. The number of fused-ring (bicyclic) bond motifs is 1. The van der Waals surface area contributed by atoms with Crippen LogP contribution in [0.4, 0.5) is 0 Å². The predicted molar refractivity (Wildman–Crippen MR) is 126 cm³/mol. The van der Waals surface area contributed by atoms with Crippen LogP contribution in [-0.2, 0) is 17.6 Å². The van der Waals surface area contributed by atoms with Crippen molar-refractivity contribution in [2.75, 3.05) is 0 Å². The second-order valence-corrected chi connectivity index (χ2v) is 9.39. The molecular formula is C24H17Br3O. The third kappa shape index (κ3) is 3.83. The number of Topliss-reactive ketones (excluding diaryl/α,β-unsaturated/α-hetero) is 1. The maximum Gasteiger partial charge on any atom is 0.171 e. The summed E-state index contributed by atoms with van der Waals surface area (Å²) in [6.45, 7) is 0. The molecule has 0 spiro atoms. The largest absolute Gasteiger partial charge is 0.293 e. The summed E-state index contributed by atoms with van der Waals surface area (Å²) in [5.74, 6) is 0.0429. The Balaban J connectivity index is 1.73. The van der Waals surface area contributed by atoms with Gasteiger partial charge in [-0.2, -0.15) is 0 Å². The molecule has 0 aliphatic heterocycles. The van der Waals surface area contributed by atoms with Crippen molar-refractivity contribution in [3.8, 4) is 0 Å². The molecule has 3 aromatic carbocycles. The lowest BCUT2D eigenvalue weighted by Crippen LogP contribution is -2.09. The molecular weight excluding hydrogens is 544 g/mol. The molecule has 4 rings (SSSR count). The summed E-state index contributed by atoms with van der Waals surface area (Å²) in [5.41, 5.74) is 5.28. The fraction of sp³-hybridized carbons (Fsp3) is 0.125. The quantitative estimate of drug-likeness (QED) is 0.302. The first-order chi connectivity index (χ1) is 13.6. The SMILES string of the molecule is O=C1/C(=C\Cc2ccccc2Br)c2c(Br)cccc2C1Cc1ccccc1Br. The van der Waals surface area contributed by atoms with E-state index in [1.54, 1.807) is 0 Å². The minimum absolute atomic E-state index is 0.156. The first-order valence-electron chi connectivity index (χ1n) is 9.06. The second kappa shape index (κ2) is 8.48. The van der Waals surface area contributed by atoms with E-state index >= 15 is 0 Å². The Morgan fingerprint density at radius 1 is 0.750 bits per heavy atom. The van der Waals surface area contributed by atoms with Gasteiger partial charge in [0.15, 0.2) is 5.78 Å². The van der Waals surface area contributed by atoms with Gasteiger partial charge in [0.2, 0.25) is 0 Å². The van der Waals surface area contributed by atoms with Gasteiger partial charge in [-0.25, -0.2) is 0 Å². The number of rotatable bonds is 4. The van der Waals surface area contributed by atoms with Crippen molar-refractivity contribution < 1.29 is 4.79 Å². The van der Waals surface area contributed by atoms with Gasteiger partial charge in [0, 0.05) is 24.6 Å². The van der Waals surface area contributed by atoms with Crippen LogP contribution in [0.2, 0.25) is 0 Å². The van der Waals surface area contributed by atoms with E-state index in [-0.39, 0.29) is 11.7 Å². The van der Waals surface area contributed by atoms with E-state index < -0.39 is 0 Å². The average Bonchev–Trinajstić information content (AvgIpc) is 2.96. The van der Waals surface area contributed by atoms with Gasteiger partial charge in [-0.1, -0.05) is 102 Å². The van der Waals surface area contributed by atoms with E-state index in [9.17, 15) is 4.79 Å². The van der Waals surface area contributed by atoms with E-state index in [1.165, 1.54) is 5.56 Å². The fourth-order valence-corrected chi connectivity index (χ4v) is 5.22. The van der Waals surface area contributed by atoms with Gasteiger partial charge >= 0.3 is 0 Å². The summed E-state index contributed by atoms with van der Waals surface area (Å²) in [7, 11) is 0. The summed E-state index contributed by atoms with van der Waals surface area (Å²) in [6.07, 6.45) is 3.48. The zero-order valence-corrected chi connectivity index (χ0v) is 19.7. The van der Waals surface area contributed by atoms with Crippen molar-refractivity contribution in [1.29, 1.82) is 0 Å². The van der Waals surface area contributed by atoms with Crippen LogP contribution in [0, 0.1) is 0 Å². The smallest absolute Gasteiger partial charge is 0.171 e. The fourth-order valence-electron chi connectivity index (χ4n) is 3.73. The molecule has 1 atom stereocenters. The van der Waals surface area contributed by atoms with Crippen molar-refractivity contribution in [1.82, 2.24) is 0 Å². The number of hydrogen-bond acceptors (Lipinski definition) is 1. The van der Waals surface area contributed by atoms with Crippen LogP contribution in [0.3, 0.4) is 0 Å². The van der Waals surface area contributed by atoms with Gasteiger partial charge in [0.1, 0.15) is 0 Å². The van der Waals surface area contributed by atoms with E-state index in [2.05, 4.69) is 72.1 Å². The van der Waals surface area contributed by atoms with Gasteiger partial charge in [-0.15, -0.1) is 0 Å². The Morgan fingerprint density at radius 2 is 1.36 bits per heavy atom. The van der Waals surface area contributed by atoms with Gasteiger partial charge in [0.05, 0.1) is 5.92 Å². The van der Waals surface area contributed by atoms with Gasteiger partial charge in [0.25, 0.3) is 0 Å². The molecule has 0 fully saturated rings. The Bertz CT molecular complexity index is 1080. The predicted octanol–water partition coefficient (Wildman–Crippen LogP) is 7.51. The van der Waals surface area contributed by atoms with Gasteiger partial charge in [-0.3, -0.25) is 4.79 Å². The summed E-state index contributed by atoms with van der Waals surface area (Å²) in [6, 6.07) is 22.4. The van der Waals surface area contributed by atoms with Gasteiger partial charge < -0.3 is 0 Å². The lowest BCUT2D eigenvalue weighted by molar-refractivity contribution is -0.114. The molecule has 0 radical (unpaired) electrons. The number of ketones is 1. The maximum atomic E-state index is 13.4. The van der Waals surface area contributed by atoms with Crippen LogP contribution < -0.4 is 0 Å². The Kier molecular flexibility index (Phi) is 6.00. The van der Waals surface area contributed by atoms with E-state index in [1.807, 2.05) is 48.5 Å². The Morgan fingerprint density at radius 3 is 2.04 bits per heavy atom. The highest BCUT2D eigenvalue weighted by Crippen LogP contribution is 2.44. The number of allylic oxidation sites excluding steroid dienone is 2. The molecule has 0 heterocycles. The zero-order valence-electron chi connectivity index (χ0n) is 15.0. The summed E-state index contributed by atoms with van der Waals surface area (Å²) in [4.78, 5) is 13.4. The van der Waals surface area contributed by atoms with Crippen LogP contribution in [0.1, 0.15) is 28.2 Å². The highest BCUT2D eigenvalue weighted by atomic mass is 79.9. The van der Waals surface area contributed by atoms with Crippen LogP contribution in [-0.4, -0.2) is 5.78 Å². The van der Waals surface area contributed by atoms with Crippen molar-refractivity contribution in [2.45, 2.75) is 18.8 Å². The minimum atomic E-state index is -0.156. The first-order valence-corrected chi connectivity index (χ1v) is 11.4. The number of hydrogen-bond donors (Lipinski definition) is 0. The number of halogens is 3. The van der Waals surface area contributed by atoms with Gasteiger partial charge in [-0.05, 0) is 47.7 Å². The molecule has 1 unspecified atom stereocenters. The topological polar surface area (TPSA) is 17.1 Å². The van der Waals surface area contributed by atoms with Crippen molar-refractivity contribution in [2.24, 2.45) is 0 Å². The number of benzene rings is 3. The molecule has 0 saturated carbocycles. The monoisotopic (exact) mass is 558 g/mol. The van der Waals surface area contributed by atoms with Crippen molar-refractivity contribution in [3.63, 3.8) is 0 Å². The lowest BCUT2D eigenvalue weighted by Gasteiger charge is -2.11. The molecule has 1 nitrogen and oxygen atoms in total. The molecule has 0 bridgehead atoms. The third-order valence-electron chi connectivity index (χ3n) is 5.14. The van der Waals surface area contributed by atoms with Crippen molar-refractivity contribution in [3.05, 3.63) is 108 Å². The van der Waals surface area contributed by atoms with Crippen molar-refractivity contribution >= 4 is 59.1 Å². The molecule has 28 heavy (non-hydrogen) atoms. The van der Waals surface area contributed by atoms with Crippen LogP contribution >= 0.6 is 47.8 Å². The highest BCUT2D eigenvalue weighted by Gasteiger charge is 2.36. The van der Waals surface area contributed by atoms with Crippen LogP contribution in [0.25, 0.3) is 5.57 Å². The molecule has 3 aromatic rings. The molecule has 0 amide bonds. The Hall–Kier alpha value is -1.49. The number of carbonyl (C=O) groups excluding carboxylic acids is 1. The molecule has 0 saturated heterocycles. The average molecular weight is 561 g/mol. The highest BCUT2D eigenvalue weighted by molar-refractivity contribution is 9.11. The minimum Gasteiger partial charge on any atom is -0.293 e. The normalized spacial score (nSPS) is 17.2. The number of carbonyl (C=O) groups is 1. The van der Waals surface area contributed by atoms with Crippen LogP contribution in [0.5, 0.6) is 0 Å². The molecule has 0 N–H and O–H groups in total. The van der Waals surface area contributed by atoms with E-state index in [0.717, 1.165) is 35.7 Å². The lowest BCUT2D eigenvalue weighted by atomic mass is 9.93. The molecule has 1 aliphatic carbocycles. The third-order valence-corrected chi connectivity index (χ3v) is 7.35. The molecule has 140 valence electrons. The summed E-state index contributed by atoms with van der Waals surface area (Å²) in [5, 5.41) is 0. The summed E-state index contributed by atoms with van der Waals surface area (Å²) < 4.78 is 3.09. The Labute approximate surface area is 190 Å². The maximum absolute atomic E-state index is 13.4. The first kappa shape index (κ1) is 19.8. The molecule has 4 heteroatoms. The standard InChI is InChI=1S/C24H17Br3O/c25-20-9-3-1-6-15(20)12-13-18-23-17(8-5-11-22(23)27)19(24(18)28)14-16-7-2-4-10-21(16)26/h1-11,13,19H,12,14H2/b18-13-. The second-order valence-electron chi connectivity index (χ2n) is 6.83. The zero-order chi connectivity index (χ0) is 19.7. The van der Waals surface area contributed by atoms with Crippen LogP contribution in [0.15, 0.2) is 86.2 Å².